The van der Waals surface area contributed by atoms with Crippen LogP contribution in [-0.4, -0.2) is 14.5 Å². The zero-order chi connectivity index (χ0) is 14.3. The van der Waals surface area contributed by atoms with Crippen molar-refractivity contribution in [2.45, 2.75) is 12.3 Å². The van der Waals surface area contributed by atoms with E-state index in [-0.39, 0.29) is 5.38 Å². The van der Waals surface area contributed by atoms with Crippen LogP contribution in [0.3, 0.4) is 0 Å². The van der Waals surface area contributed by atoms with Crippen LogP contribution in [0.4, 0.5) is 0 Å². The van der Waals surface area contributed by atoms with Gasteiger partial charge >= 0.3 is 0 Å². The van der Waals surface area contributed by atoms with Crippen molar-refractivity contribution in [1.82, 2.24) is 14.5 Å². The van der Waals surface area contributed by atoms with E-state index in [4.69, 9.17) is 11.6 Å². The molecule has 0 fully saturated rings. The molecule has 0 amide bonds. The molecule has 0 N–H and O–H groups in total. The average molecular weight is 463 g/mol. The predicted octanol–water partition coefficient (Wildman–Crippen LogP) is 5.09. The molecule has 3 rings (SSSR count). The number of rotatable bonds is 2. The molecule has 20 heavy (non-hydrogen) atoms. The Hall–Kier alpha value is -0.660. The first-order valence-corrected chi connectivity index (χ1v) is 8.31. The predicted molar refractivity (Wildman–Crippen MR) is 93.6 cm³/mol. The van der Waals surface area contributed by atoms with Crippen LogP contribution < -0.4 is 0 Å². The maximum atomic E-state index is 6.30. The normalized spacial score (nSPS) is 12.8. The summed E-state index contributed by atoms with van der Waals surface area (Å²) in [5, 5.41) is -0.195. The number of nitrogens with zero attached hydrogens (tertiary/aromatic N) is 3. The van der Waals surface area contributed by atoms with Crippen molar-refractivity contribution in [3.05, 3.63) is 50.4 Å². The maximum Gasteiger partial charge on any atom is 0.164 e. The molecule has 1 unspecified atom stereocenters. The summed E-state index contributed by atoms with van der Waals surface area (Å²) in [7, 11) is 0. The second-order valence-corrected chi connectivity index (χ2v) is 7.10. The van der Waals surface area contributed by atoms with Crippen molar-refractivity contribution in [3.63, 3.8) is 0 Å². The molecule has 0 aliphatic rings. The average Bonchev–Trinajstić information content (AvgIpc) is 2.78. The first kappa shape index (κ1) is 14.3. The molecule has 1 atom stereocenters. The van der Waals surface area contributed by atoms with Crippen LogP contribution in [0.1, 0.15) is 18.1 Å². The van der Waals surface area contributed by atoms with E-state index in [0.29, 0.717) is 0 Å². The number of hydrogen-bond donors (Lipinski definition) is 0. The second-order valence-electron chi connectivity index (χ2n) is 4.37. The third kappa shape index (κ3) is 2.46. The van der Waals surface area contributed by atoms with Crippen LogP contribution in [0.25, 0.3) is 16.9 Å². The lowest BCUT2D eigenvalue weighted by Gasteiger charge is -2.11. The third-order valence-electron chi connectivity index (χ3n) is 2.94. The minimum absolute atomic E-state index is 0.195. The molecule has 2 heterocycles. The topological polar surface area (TPSA) is 30.7 Å². The Morgan fingerprint density at radius 2 is 2.10 bits per heavy atom. The summed E-state index contributed by atoms with van der Waals surface area (Å²) in [6.45, 7) is 1.92. The van der Waals surface area contributed by atoms with E-state index in [1.165, 1.54) is 0 Å². The minimum Gasteiger partial charge on any atom is -0.278 e. The number of fused-ring (bicyclic) bond motifs is 1. The van der Waals surface area contributed by atoms with Gasteiger partial charge in [-0.3, -0.25) is 4.57 Å². The summed E-state index contributed by atoms with van der Waals surface area (Å²) in [6.07, 6.45) is 1.78. The smallest absolute Gasteiger partial charge is 0.164 e. The van der Waals surface area contributed by atoms with Gasteiger partial charge in [0, 0.05) is 14.2 Å². The number of para-hydroxylation sites is 1. The Balaban J connectivity index is 2.38. The van der Waals surface area contributed by atoms with E-state index in [1.807, 2.05) is 29.7 Å². The molecular formula is C14H10BrClIN3. The molecule has 0 radical (unpaired) electrons. The van der Waals surface area contributed by atoms with Crippen LogP contribution in [0.5, 0.6) is 0 Å². The number of halogens is 3. The summed E-state index contributed by atoms with van der Waals surface area (Å²) in [5.41, 5.74) is 2.70. The Labute approximate surface area is 143 Å². The van der Waals surface area contributed by atoms with Gasteiger partial charge in [-0.15, -0.1) is 11.6 Å². The van der Waals surface area contributed by atoms with Crippen molar-refractivity contribution in [3.8, 4) is 5.69 Å². The van der Waals surface area contributed by atoms with E-state index in [9.17, 15) is 0 Å². The molecule has 0 bridgehead atoms. The fraction of sp³-hybridized carbons (Fsp3) is 0.143. The quantitative estimate of drug-likeness (QED) is 0.393. The number of benzene rings is 1. The second kappa shape index (κ2) is 5.61. The Morgan fingerprint density at radius 3 is 2.80 bits per heavy atom. The van der Waals surface area contributed by atoms with E-state index in [2.05, 4.69) is 60.6 Å². The van der Waals surface area contributed by atoms with Gasteiger partial charge in [0.25, 0.3) is 0 Å². The maximum absolute atomic E-state index is 6.30. The van der Waals surface area contributed by atoms with Crippen molar-refractivity contribution < 1.29 is 0 Å². The first-order valence-electron chi connectivity index (χ1n) is 6.01. The molecule has 3 nitrogen and oxygen atoms in total. The van der Waals surface area contributed by atoms with Gasteiger partial charge in [0.2, 0.25) is 0 Å². The molecule has 2 aromatic heterocycles. The Morgan fingerprint density at radius 1 is 1.35 bits per heavy atom. The van der Waals surface area contributed by atoms with Crippen LogP contribution in [-0.2, 0) is 0 Å². The summed E-state index contributed by atoms with van der Waals surface area (Å²) < 4.78 is 4.07. The summed E-state index contributed by atoms with van der Waals surface area (Å²) in [6, 6.07) is 10.1. The van der Waals surface area contributed by atoms with Crippen molar-refractivity contribution >= 4 is 61.3 Å². The van der Waals surface area contributed by atoms with E-state index < -0.39 is 0 Å². The highest BCUT2D eigenvalue weighted by Crippen LogP contribution is 2.30. The Bertz CT molecular complexity index is 785. The zero-order valence-corrected chi connectivity index (χ0v) is 15.0. The molecule has 0 spiro atoms. The van der Waals surface area contributed by atoms with Crippen LogP contribution in [0.15, 0.2) is 41.0 Å². The highest BCUT2D eigenvalue weighted by atomic mass is 127. The van der Waals surface area contributed by atoms with Crippen molar-refractivity contribution in [1.29, 1.82) is 0 Å². The number of imidazole rings is 1. The largest absolute Gasteiger partial charge is 0.278 e. The zero-order valence-electron chi connectivity index (χ0n) is 10.5. The van der Waals surface area contributed by atoms with Crippen molar-refractivity contribution in [2.75, 3.05) is 0 Å². The standard InChI is InChI=1S/C14H10BrClIN3/c1-8(16)13-19-11-6-9(15)7-18-14(11)20(13)12-5-3-2-4-10(12)17/h2-8H,1H3. The van der Waals surface area contributed by atoms with Crippen molar-refractivity contribution in [2.24, 2.45) is 0 Å². The molecule has 6 heteroatoms. The monoisotopic (exact) mass is 461 g/mol. The highest BCUT2D eigenvalue weighted by molar-refractivity contribution is 14.1. The van der Waals surface area contributed by atoms with Gasteiger partial charge in [-0.25, -0.2) is 9.97 Å². The number of pyridine rings is 1. The van der Waals surface area contributed by atoms with Gasteiger partial charge in [0.1, 0.15) is 11.3 Å². The fourth-order valence-corrected chi connectivity index (χ4v) is 3.19. The molecule has 0 aliphatic carbocycles. The van der Waals surface area contributed by atoms with Crippen LogP contribution >= 0.6 is 50.1 Å². The van der Waals surface area contributed by atoms with Gasteiger partial charge in [-0.2, -0.15) is 0 Å². The molecule has 0 saturated carbocycles. The SMILES string of the molecule is CC(Cl)c1nc2cc(Br)cnc2n1-c1ccccc1I. The van der Waals surface area contributed by atoms with Gasteiger partial charge in [-0.05, 0) is 63.6 Å². The van der Waals surface area contributed by atoms with Gasteiger partial charge in [0.05, 0.1) is 11.1 Å². The van der Waals surface area contributed by atoms with Crippen LogP contribution in [0.2, 0.25) is 0 Å². The molecule has 3 aromatic rings. The molecular weight excluding hydrogens is 452 g/mol. The number of alkyl halides is 1. The minimum atomic E-state index is -0.195. The van der Waals surface area contributed by atoms with E-state index in [1.54, 1.807) is 6.20 Å². The summed E-state index contributed by atoms with van der Waals surface area (Å²) in [5.74, 6) is 0.802. The fourth-order valence-electron chi connectivity index (χ4n) is 2.10. The molecule has 1 aromatic carbocycles. The lowest BCUT2D eigenvalue weighted by atomic mass is 10.3. The molecule has 0 aliphatic heterocycles. The summed E-state index contributed by atoms with van der Waals surface area (Å²) in [4.78, 5) is 9.12. The molecule has 0 saturated heterocycles. The third-order valence-corrected chi connectivity index (χ3v) is 4.48. The number of hydrogen-bond acceptors (Lipinski definition) is 2. The van der Waals surface area contributed by atoms with Crippen LogP contribution in [0, 0.1) is 3.57 Å². The number of aromatic nitrogens is 3. The van der Waals surface area contributed by atoms with Gasteiger partial charge in [0.15, 0.2) is 5.65 Å². The van der Waals surface area contributed by atoms with Gasteiger partial charge < -0.3 is 0 Å². The summed E-state index contributed by atoms with van der Waals surface area (Å²) >= 11 is 12.0. The highest BCUT2D eigenvalue weighted by Gasteiger charge is 2.18. The van der Waals surface area contributed by atoms with Gasteiger partial charge in [-0.1, -0.05) is 12.1 Å². The van der Waals surface area contributed by atoms with E-state index >= 15 is 0 Å². The lowest BCUT2D eigenvalue weighted by Crippen LogP contribution is -2.04. The van der Waals surface area contributed by atoms with E-state index in [0.717, 1.165) is 30.7 Å². The first-order chi connectivity index (χ1) is 9.58. The lowest BCUT2D eigenvalue weighted by molar-refractivity contribution is 0.874. The molecule has 102 valence electrons. The Kier molecular flexibility index (Phi) is 4.01.